The van der Waals surface area contributed by atoms with Crippen molar-refractivity contribution >= 4 is 17.5 Å². The second-order valence-corrected chi connectivity index (χ2v) is 4.64. The first-order chi connectivity index (χ1) is 8.70. The molecule has 0 saturated carbocycles. The first-order valence-corrected chi connectivity index (χ1v) is 6.17. The Morgan fingerprint density at radius 3 is 2.72 bits per heavy atom. The van der Waals surface area contributed by atoms with E-state index in [1.54, 1.807) is 12.1 Å². The molecular weight excluding hydrogens is 254 g/mol. The van der Waals surface area contributed by atoms with Crippen molar-refractivity contribution in [3.63, 3.8) is 0 Å². The summed E-state index contributed by atoms with van der Waals surface area (Å²) in [6.45, 7) is 4.66. The number of carbonyl (C=O) groups is 1. The molecule has 2 rings (SSSR count). The van der Waals surface area contributed by atoms with Crippen molar-refractivity contribution in [2.24, 2.45) is 5.18 Å². The summed E-state index contributed by atoms with van der Waals surface area (Å²) in [6.07, 6.45) is 0. The Hall–Kier alpha value is -1.30. The second kappa shape index (κ2) is 6.04. The number of hydrogen-bond acceptors (Lipinski definition) is 4. The maximum atomic E-state index is 11.1. The molecule has 18 heavy (non-hydrogen) atoms. The van der Waals surface area contributed by atoms with Crippen molar-refractivity contribution in [1.82, 2.24) is 10.2 Å². The normalized spacial score (nSPS) is 16.5. The molecule has 1 aliphatic rings. The lowest BCUT2D eigenvalue weighted by atomic mass is 10.1. The number of piperazine rings is 1. The van der Waals surface area contributed by atoms with E-state index in [1.165, 1.54) is 6.07 Å². The number of carbonyl (C=O) groups excluding carboxylic acids is 1. The zero-order valence-electron chi connectivity index (χ0n) is 9.86. The van der Waals surface area contributed by atoms with E-state index in [4.69, 9.17) is 11.6 Å². The molecule has 1 heterocycles. The summed E-state index contributed by atoms with van der Waals surface area (Å²) in [7, 11) is 0. The van der Waals surface area contributed by atoms with Gasteiger partial charge in [0.15, 0.2) is 0 Å². The number of benzene rings is 1. The van der Waals surface area contributed by atoms with Gasteiger partial charge in [0.1, 0.15) is 0 Å². The highest BCUT2D eigenvalue weighted by atomic mass is 35.5. The first-order valence-electron chi connectivity index (χ1n) is 5.80. The minimum Gasteiger partial charge on any atom is -0.314 e. The molecule has 0 aliphatic carbocycles. The van der Waals surface area contributed by atoms with Crippen LogP contribution in [0.2, 0.25) is 5.02 Å². The van der Waals surface area contributed by atoms with Gasteiger partial charge in [-0.1, -0.05) is 17.7 Å². The summed E-state index contributed by atoms with van der Waals surface area (Å²) >= 11 is 6.11. The number of nitrogens with zero attached hydrogens (tertiary/aromatic N) is 2. The third kappa shape index (κ3) is 3.13. The van der Waals surface area contributed by atoms with E-state index in [2.05, 4.69) is 15.4 Å². The summed E-state index contributed by atoms with van der Waals surface area (Å²) in [5.41, 5.74) is 1.19. The van der Waals surface area contributed by atoms with E-state index in [0.29, 0.717) is 5.02 Å². The second-order valence-electron chi connectivity index (χ2n) is 4.23. The Balaban J connectivity index is 2.09. The van der Waals surface area contributed by atoms with Crippen molar-refractivity contribution in [2.45, 2.75) is 6.54 Å². The van der Waals surface area contributed by atoms with Crippen molar-refractivity contribution in [1.29, 1.82) is 0 Å². The lowest BCUT2D eigenvalue weighted by Crippen LogP contribution is -2.42. The van der Waals surface area contributed by atoms with Crippen molar-refractivity contribution in [3.05, 3.63) is 39.3 Å². The van der Waals surface area contributed by atoms with Gasteiger partial charge in [0.05, 0.1) is 0 Å². The predicted octanol–water partition coefficient (Wildman–Crippen LogP) is 1.65. The molecular formula is C12H14ClN3O2. The quantitative estimate of drug-likeness (QED) is 0.846. The van der Waals surface area contributed by atoms with Crippen LogP contribution in [0.5, 0.6) is 0 Å². The van der Waals surface area contributed by atoms with Crippen molar-refractivity contribution in [2.75, 3.05) is 26.2 Å². The fraction of sp³-hybridized carbons (Fsp3) is 0.417. The van der Waals surface area contributed by atoms with Gasteiger partial charge in [-0.05, 0) is 17.7 Å². The molecule has 0 spiro atoms. The Bertz CT molecular complexity index is 459. The highest BCUT2D eigenvalue weighted by Crippen LogP contribution is 2.20. The van der Waals surface area contributed by atoms with Crippen molar-refractivity contribution < 1.29 is 4.79 Å². The number of nitrogens with one attached hydrogen (secondary N) is 1. The Morgan fingerprint density at radius 2 is 2.11 bits per heavy atom. The molecule has 5 nitrogen and oxygen atoms in total. The number of hydrogen-bond donors (Lipinski definition) is 1. The monoisotopic (exact) mass is 267 g/mol. The van der Waals surface area contributed by atoms with E-state index >= 15 is 0 Å². The van der Waals surface area contributed by atoms with Gasteiger partial charge in [-0.25, -0.2) is 0 Å². The van der Waals surface area contributed by atoms with Crippen LogP contribution < -0.4 is 5.32 Å². The summed E-state index contributed by atoms with van der Waals surface area (Å²) in [5, 5.41) is 6.16. The third-order valence-electron chi connectivity index (χ3n) is 2.99. The molecule has 96 valence electrons. The summed E-state index contributed by atoms with van der Waals surface area (Å²) in [5.74, 6) is -0.786. The lowest BCUT2D eigenvalue weighted by Gasteiger charge is -2.27. The summed E-state index contributed by atoms with van der Waals surface area (Å²) in [6, 6.07) is 4.87. The molecule has 1 saturated heterocycles. The van der Waals surface area contributed by atoms with E-state index in [0.717, 1.165) is 38.3 Å². The zero-order chi connectivity index (χ0) is 13.0. The maximum Gasteiger partial charge on any atom is 0.316 e. The number of halogens is 1. The largest absolute Gasteiger partial charge is 0.316 e. The fourth-order valence-corrected chi connectivity index (χ4v) is 2.21. The molecule has 1 N–H and O–H groups in total. The topological polar surface area (TPSA) is 61.8 Å². The average molecular weight is 268 g/mol. The van der Waals surface area contributed by atoms with E-state index in [9.17, 15) is 9.70 Å². The molecule has 1 amide bonds. The van der Waals surface area contributed by atoms with Gasteiger partial charge < -0.3 is 5.32 Å². The van der Waals surface area contributed by atoms with Crippen LogP contribution in [0.15, 0.2) is 23.4 Å². The standard InChI is InChI=1S/C12H14ClN3O2/c13-11-7-9(12(17)15-18)1-2-10(11)8-16-5-3-14-4-6-16/h1-2,7,14H,3-6,8H2. The molecule has 1 aromatic rings. The number of rotatable bonds is 3. The van der Waals surface area contributed by atoms with E-state index in [1.807, 2.05) is 0 Å². The van der Waals surface area contributed by atoms with Gasteiger partial charge in [0.25, 0.3) is 0 Å². The molecule has 6 heteroatoms. The maximum absolute atomic E-state index is 11.1. The lowest BCUT2D eigenvalue weighted by molar-refractivity contribution is 0.100. The minimum absolute atomic E-state index is 0.235. The molecule has 0 unspecified atom stereocenters. The Kier molecular flexibility index (Phi) is 4.41. The molecule has 0 aromatic heterocycles. The Labute approximate surface area is 110 Å². The van der Waals surface area contributed by atoms with E-state index in [-0.39, 0.29) is 5.56 Å². The molecule has 1 fully saturated rings. The van der Waals surface area contributed by atoms with Crippen LogP contribution in [0.4, 0.5) is 0 Å². The predicted molar refractivity (Wildman–Crippen MR) is 69.7 cm³/mol. The zero-order valence-corrected chi connectivity index (χ0v) is 10.6. The highest BCUT2D eigenvalue weighted by Gasteiger charge is 2.13. The van der Waals surface area contributed by atoms with Gasteiger partial charge in [0.2, 0.25) is 0 Å². The molecule has 0 radical (unpaired) electrons. The van der Waals surface area contributed by atoms with Crippen LogP contribution in [0.1, 0.15) is 15.9 Å². The molecule has 1 aromatic carbocycles. The van der Waals surface area contributed by atoms with Crippen LogP contribution in [-0.4, -0.2) is 37.0 Å². The molecule has 0 atom stereocenters. The Morgan fingerprint density at radius 1 is 1.39 bits per heavy atom. The third-order valence-corrected chi connectivity index (χ3v) is 3.34. The SMILES string of the molecule is O=NC(=O)c1ccc(CN2CCNCC2)c(Cl)c1. The van der Waals surface area contributed by atoms with Gasteiger partial charge in [-0.3, -0.25) is 9.69 Å². The molecule has 1 aliphatic heterocycles. The fourth-order valence-electron chi connectivity index (χ4n) is 1.97. The van der Waals surface area contributed by atoms with E-state index < -0.39 is 5.91 Å². The first kappa shape index (κ1) is 13.1. The number of amides is 1. The van der Waals surface area contributed by atoms with Crippen molar-refractivity contribution in [3.8, 4) is 0 Å². The smallest absolute Gasteiger partial charge is 0.314 e. The van der Waals surface area contributed by atoms with Crippen LogP contribution in [0.25, 0.3) is 0 Å². The van der Waals surface area contributed by atoms with Crippen LogP contribution in [-0.2, 0) is 6.54 Å². The summed E-state index contributed by atoms with van der Waals surface area (Å²) < 4.78 is 0. The number of nitroso groups, excluding NO2 is 1. The van der Waals surface area contributed by atoms with Crippen LogP contribution >= 0.6 is 11.6 Å². The van der Waals surface area contributed by atoms with Crippen LogP contribution in [0, 0.1) is 4.91 Å². The minimum atomic E-state index is -0.786. The average Bonchev–Trinajstić information content (AvgIpc) is 2.41. The van der Waals surface area contributed by atoms with Gasteiger partial charge in [0, 0.05) is 48.5 Å². The van der Waals surface area contributed by atoms with Crippen LogP contribution in [0.3, 0.4) is 0 Å². The highest BCUT2D eigenvalue weighted by molar-refractivity contribution is 6.31. The van der Waals surface area contributed by atoms with Gasteiger partial charge in [-0.2, -0.15) is 0 Å². The molecule has 0 bridgehead atoms. The van der Waals surface area contributed by atoms with Gasteiger partial charge >= 0.3 is 5.91 Å². The van der Waals surface area contributed by atoms with Gasteiger partial charge in [-0.15, -0.1) is 4.91 Å². The summed E-state index contributed by atoms with van der Waals surface area (Å²) in [4.78, 5) is 23.6.